The van der Waals surface area contributed by atoms with Crippen molar-refractivity contribution >= 4 is 35.5 Å². The molecule has 0 aromatic rings. The van der Waals surface area contributed by atoms with Crippen LogP contribution in [-0.2, 0) is 0 Å². The minimum atomic E-state index is 0. The summed E-state index contributed by atoms with van der Waals surface area (Å²) in [7, 11) is 0. The van der Waals surface area contributed by atoms with E-state index in [2.05, 4.69) is 6.92 Å². The number of unbranched alkanes of at least 4 members (excludes halogenated alkanes) is 1. The van der Waals surface area contributed by atoms with Crippen LogP contribution in [0.25, 0.3) is 0 Å². The Morgan fingerprint density at radius 1 is 1.50 bits per heavy atom. The summed E-state index contributed by atoms with van der Waals surface area (Å²) in [6.07, 6.45) is 2.37. The van der Waals surface area contributed by atoms with Gasteiger partial charge in [0.05, 0.1) is 0 Å². The number of hydrogen-bond donors (Lipinski definition) is 0. The molecule has 0 aromatic carbocycles. The molecule has 0 radical (unpaired) electrons. The third-order valence-electron chi connectivity index (χ3n) is 0.487. The first kappa shape index (κ1) is 10.1. The summed E-state index contributed by atoms with van der Waals surface area (Å²) in [5, 5.41) is 0. The Labute approximate surface area is 61.2 Å². The van der Waals surface area contributed by atoms with Crippen LogP contribution >= 0.6 is 11.6 Å². The zero-order chi connectivity index (χ0) is 4.12. The van der Waals surface area contributed by atoms with Crippen molar-refractivity contribution in [2.45, 2.75) is 19.8 Å². The summed E-state index contributed by atoms with van der Waals surface area (Å²) in [5.41, 5.74) is 0. The zero-order valence-electron chi connectivity index (χ0n) is 3.50. The summed E-state index contributed by atoms with van der Waals surface area (Å²) in [6.45, 7) is 2.13. The number of hydrogen-bond acceptors (Lipinski definition) is 0. The van der Waals surface area contributed by atoms with Crippen LogP contribution in [-0.4, -0.2) is 29.8 Å². The molecule has 2 heteroatoms. The third-order valence-corrected chi connectivity index (χ3v) is 0.754. The van der Waals surface area contributed by atoms with Gasteiger partial charge in [0.15, 0.2) is 0 Å². The zero-order valence-corrected chi connectivity index (χ0v) is 4.26. The fourth-order valence-electron chi connectivity index (χ4n) is 0.134. The van der Waals surface area contributed by atoms with Crippen molar-refractivity contribution in [1.82, 2.24) is 0 Å². The van der Waals surface area contributed by atoms with Gasteiger partial charge in [-0.05, 0) is 6.42 Å². The van der Waals surface area contributed by atoms with E-state index < -0.39 is 0 Å². The standard InChI is InChI=1S/C4H9Cl.Sn.4H/c1-2-3-4-5;;;;;/h2-4H2,1H3;;;;;. The Balaban J connectivity index is 0. The normalized spacial score (nSPS) is 7.00. The Morgan fingerprint density at radius 3 is 2.00 bits per heavy atom. The van der Waals surface area contributed by atoms with Crippen LogP contribution in [0.4, 0.5) is 0 Å². The van der Waals surface area contributed by atoms with Crippen molar-refractivity contribution in [3.05, 3.63) is 0 Å². The second kappa shape index (κ2) is 9.43. The minimum absolute atomic E-state index is 0. The first-order valence-corrected chi connectivity index (χ1v) is 2.51. The van der Waals surface area contributed by atoms with Crippen LogP contribution in [0.5, 0.6) is 0 Å². The third kappa shape index (κ3) is 8.92. The second-order valence-electron chi connectivity index (χ2n) is 1.04. The number of rotatable bonds is 2. The molecule has 0 N–H and O–H groups in total. The fraction of sp³-hybridized carbons (Fsp3) is 1.00. The van der Waals surface area contributed by atoms with E-state index in [0.717, 1.165) is 12.3 Å². The molecular formula is C4H13ClSn. The van der Waals surface area contributed by atoms with Crippen LogP contribution < -0.4 is 0 Å². The maximum atomic E-state index is 5.30. The Kier molecular flexibility index (Phi) is 16.0. The van der Waals surface area contributed by atoms with E-state index in [9.17, 15) is 0 Å². The van der Waals surface area contributed by atoms with Gasteiger partial charge in [-0.15, -0.1) is 11.6 Å². The van der Waals surface area contributed by atoms with Gasteiger partial charge in [-0.25, -0.2) is 0 Å². The fourth-order valence-corrected chi connectivity index (χ4v) is 0.401. The van der Waals surface area contributed by atoms with E-state index in [-0.39, 0.29) is 23.9 Å². The number of halogens is 1. The van der Waals surface area contributed by atoms with Crippen molar-refractivity contribution in [1.29, 1.82) is 0 Å². The molecule has 0 nitrogen and oxygen atoms in total. The molecule has 0 amide bonds. The van der Waals surface area contributed by atoms with Crippen molar-refractivity contribution in [3.8, 4) is 0 Å². The average Bonchev–Trinajstić information content (AvgIpc) is 1.41. The van der Waals surface area contributed by atoms with Gasteiger partial charge in [0.2, 0.25) is 0 Å². The molecule has 6 heavy (non-hydrogen) atoms. The summed E-state index contributed by atoms with van der Waals surface area (Å²) in [4.78, 5) is 0. The van der Waals surface area contributed by atoms with Crippen molar-refractivity contribution < 1.29 is 0 Å². The Bertz CT molecular complexity index is 15.0. The molecule has 0 heterocycles. The molecular weight excluding hydrogens is 202 g/mol. The van der Waals surface area contributed by atoms with Crippen LogP contribution in [0, 0.1) is 0 Å². The van der Waals surface area contributed by atoms with Crippen LogP contribution in [0.3, 0.4) is 0 Å². The first-order chi connectivity index (χ1) is 2.41. The molecule has 0 saturated carbocycles. The van der Waals surface area contributed by atoms with E-state index in [1.54, 1.807) is 0 Å². The number of alkyl halides is 1. The average molecular weight is 215 g/mol. The van der Waals surface area contributed by atoms with Crippen molar-refractivity contribution in [3.63, 3.8) is 0 Å². The predicted octanol–water partition coefficient (Wildman–Crippen LogP) is 0.574. The molecule has 0 saturated heterocycles. The van der Waals surface area contributed by atoms with Gasteiger partial charge in [-0.2, -0.15) is 0 Å². The molecule has 0 unspecified atom stereocenters. The van der Waals surface area contributed by atoms with Crippen LogP contribution in [0.1, 0.15) is 19.8 Å². The topological polar surface area (TPSA) is 0 Å². The Morgan fingerprint density at radius 2 is 2.00 bits per heavy atom. The molecule has 0 aliphatic heterocycles. The molecule has 0 rings (SSSR count). The van der Waals surface area contributed by atoms with Gasteiger partial charge >= 0.3 is 23.9 Å². The maximum absolute atomic E-state index is 5.30. The van der Waals surface area contributed by atoms with Crippen LogP contribution in [0.15, 0.2) is 0 Å². The second-order valence-corrected chi connectivity index (χ2v) is 1.42. The van der Waals surface area contributed by atoms with E-state index in [4.69, 9.17) is 11.6 Å². The van der Waals surface area contributed by atoms with E-state index in [0.29, 0.717) is 0 Å². The molecule has 0 aliphatic rings. The quantitative estimate of drug-likeness (QED) is 0.467. The molecule has 0 bridgehead atoms. The van der Waals surface area contributed by atoms with Crippen molar-refractivity contribution in [2.75, 3.05) is 5.88 Å². The van der Waals surface area contributed by atoms with E-state index in [1.807, 2.05) is 0 Å². The predicted molar refractivity (Wildman–Crippen MR) is 37.0 cm³/mol. The monoisotopic (exact) mass is 216 g/mol. The van der Waals surface area contributed by atoms with E-state index >= 15 is 0 Å². The summed E-state index contributed by atoms with van der Waals surface area (Å²) in [6, 6.07) is 0. The summed E-state index contributed by atoms with van der Waals surface area (Å²) in [5.74, 6) is 0.816. The van der Waals surface area contributed by atoms with Gasteiger partial charge in [-0.3, -0.25) is 0 Å². The van der Waals surface area contributed by atoms with Gasteiger partial charge in [-0.1, -0.05) is 13.3 Å². The van der Waals surface area contributed by atoms with E-state index in [1.165, 1.54) is 6.42 Å². The van der Waals surface area contributed by atoms with Gasteiger partial charge < -0.3 is 0 Å². The molecule has 0 fully saturated rings. The van der Waals surface area contributed by atoms with Gasteiger partial charge in [0.25, 0.3) is 0 Å². The molecule has 0 spiro atoms. The molecule has 0 aliphatic carbocycles. The SMILES string of the molecule is CCCCCl.[SnH4]. The summed E-state index contributed by atoms with van der Waals surface area (Å²) >= 11 is 5.30. The molecule has 0 aromatic heterocycles. The Hall–Kier alpha value is 1.09. The summed E-state index contributed by atoms with van der Waals surface area (Å²) < 4.78 is 0. The van der Waals surface area contributed by atoms with Gasteiger partial charge in [0, 0.05) is 5.88 Å². The first-order valence-electron chi connectivity index (χ1n) is 1.97. The molecule has 40 valence electrons. The van der Waals surface area contributed by atoms with Crippen LogP contribution in [0.2, 0.25) is 0 Å². The molecule has 0 atom stereocenters. The van der Waals surface area contributed by atoms with Crippen molar-refractivity contribution in [2.24, 2.45) is 0 Å². The van der Waals surface area contributed by atoms with Gasteiger partial charge in [0.1, 0.15) is 0 Å².